The summed E-state index contributed by atoms with van der Waals surface area (Å²) in [5.41, 5.74) is 14.5. The quantitative estimate of drug-likeness (QED) is 0.163. The average Bonchev–Trinajstić information content (AvgIpc) is 3.80. The van der Waals surface area contributed by atoms with Gasteiger partial charge in [-0.1, -0.05) is 127 Å². The third kappa shape index (κ3) is 6.29. The molecule has 61 heavy (non-hydrogen) atoms. The van der Waals surface area contributed by atoms with Crippen molar-refractivity contribution in [2.45, 2.75) is 13.8 Å². The monoisotopic (exact) mass is 953 g/mol. The molecular formula is C55H39HfN3O2. The first-order valence-electron chi connectivity index (χ1n) is 20.2. The third-order valence-electron chi connectivity index (χ3n) is 11.8. The number of benzene rings is 8. The van der Waals surface area contributed by atoms with E-state index in [2.05, 4.69) is 126 Å². The Morgan fingerprint density at radius 2 is 0.836 bits per heavy atom. The van der Waals surface area contributed by atoms with Crippen molar-refractivity contribution in [1.29, 1.82) is 0 Å². The molecule has 6 heteroatoms. The Hall–Kier alpha value is -7.02. The van der Waals surface area contributed by atoms with Crippen LogP contribution in [0.3, 0.4) is 0 Å². The van der Waals surface area contributed by atoms with Gasteiger partial charge in [0.15, 0.2) is 0 Å². The van der Waals surface area contributed by atoms with Gasteiger partial charge in [0.2, 0.25) is 0 Å². The van der Waals surface area contributed by atoms with Gasteiger partial charge in [-0.25, -0.2) is 4.98 Å². The van der Waals surface area contributed by atoms with Crippen LogP contribution in [0.15, 0.2) is 188 Å². The number of aromatic hydroxyl groups is 2. The van der Waals surface area contributed by atoms with E-state index < -0.39 is 0 Å². The van der Waals surface area contributed by atoms with Crippen LogP contribution in [-0.2, 0) is 25.8 Å². The van der Waals surface area contributed by atoms with Crippen LogP contribution in [-0.4, -0.2) is 24.3 Å². The van der Waals surface area contributed by atoms with Gasteiger partial charge in [-0.05, 0) is 96.8 Å². The van der Waals surface area contributed by atoms with Gasteiger partial charge in [0.1, 0.15) is 11.5 Å². The second-order valence-electron chi connectivity index (χ2n) is 15.6. The summed E-state index contributed by atoms with van der Waals surface area (Å²) in [6.07, 6.45) is 0. The van der Waals surface area contributed by atoms with E-state index >= 15 is 0 Å². The Morgan fingerprint density at radius 1 is 0.361 bits per heavy atom. The molecule has 3 heterocycles. The minimum absolute atomic E-state index is 0. The van der Waals surface area contributed by atoms with Crippen molar-refractivity contribution in [1.82, 2.24) is 14.1 Å². The molecule has 0 saturated carbocycles. The van der Waals surface area contributed by atoms with Crippen molar-refractivity contribution in [3.63, 3.8) is 0 Å². The number of aromatic nitrogens is 3. The van der Waals surface area contributed by atoms with E-state index in [9.17, 15) is 10.2 Å². The molecule has 0 amide bonds. The first kappa shape index (κ1) is 38.2. The SMILES string of the molecule is Cc1cc(-c2ccccc2)c(O)c(-n2c3ccccc3c3ccc(-c4cccc(-c5ccccc5-c5cc(C)cc(-n6c7ccccc7c7ccccc76)c5O)n4)cc32)c1.[Hf]. The van der Waals surface area contributed by atoms with E-state index in [4.69, 9.17) is 4.98 Å². The number of phenols is 2. The molecule has 2 N–H and O–H groups in total. The van der Waals surface area contributed by atoms with Gasteiger partial charge in [0.05, 0.1) is 44.8 Å². The standard InChI is InChI=1S/C55H39N3O2.Hf/c1-34-29-44(36-15-4-3-5-16-36)54(59)52(31-34)58-50-26-13-10-21-42(50)43-28-27-37(33-51(43)58)46-22-14-23-47(56-46)39-18-7-6-17-38(39)45-30-35(2)32-53(55(45)60)57-48-24-11-8-19-40(48)41-20-9-12-25-49(41)57;/h3-33,59-60H,1-2H3;. The van der Waals surface area contributed by atoms with Crippen LogP contribution >= 0.6 is 0 Å². The van der Waals surface area contributed by atoms with Crippen LogP contribution in [0.4, 0.5) is 0 Å². The zero-order chi connectivity index (χ0) is 40.5. The van der Waals surface area contributed by atoms with Crippen molar-refractivity contribution < 1.29 is 36.1 Å². The maximum atomic E-state index is 12.3. The Kier molecular flexibility index (Phi) is 9.53. The molecule has 0 atom stereocenters. The molecule has 0 saturated heterocycles. The molecule has 0 fully saturated rings. The molecule has 11 aromatic rings. The summed E-state index contributed by atoms with van der Waals surface area (Å²) >= 11 is 0. The minimum Gasteiger partial charge on any atom is -0.505 e. The Bertz CT molecular complexity index is 3440. The van der Waals surface area contributed by atoms with Gasteiger partial charge in [-0.2, -0.15) is 0 Å². The molecule has 0 aliphatic carbocycles. The third-order valence-corrected chi connectivity index (χ3v) is 11.8. The largest absolute Gasteiger partial charge is 0.505 e. The van der Waals surface area contributed by atoms with Gasteiger partial charge in [-0.15, -0.1) is 0 Å². The topological polar surface area (TPSA) is 63.2 Å². The molecule has 8 aromatic carbocycles. The van der Waals surface area contributed by atoms with E-state index in [1.165, 1.54) is 0 Å². The van der Waals surface area contributed by atoms with Crippen molar-refractivity contribution in [2.75, 3.05) is 0 Å². The summed E-state index contributed by atoms with van der Waals surface area (Å²) in [5, 5.41) is 28.8. The van der Waals surface area contributed by atoms with Crippen molar-refractivity contribution >= 4 is 43.6 Å². The maximum Gasteiger partial charge on any atom is 0.147 e. The Balaban J connectivity index is 0.00000445. The first-order valence-corrected chi connectivity index (χ1v) is 20.2. The number of hydrogen-bond donors (Lipinski definition) is 2. The average molecular weight is 952 g/mol. The summed E-state index contributed by atoms with van der Waals surface area (Å²) in [5.74, 6) is 0.445. The zero-order valence-electron chi connectivity index (χ0n) is 33.6. The number of hydrogen-bond acceptors (Lipinski definition) is 3. The Labute approximate surface area is 372 Å². The second-order valence-corrected chi connectivity index (χ2v) is 15.6. The smallest absolute Gasteiger partial charge is 0.147 e. The number of aryl methyl sites for hydroxylation is 2. The van der Waals surface area contributed by atoms with Gasteiger partial charge < -0.3 is 19.3 Å². The summed E-state index contributed by atoms with van der Waals surface area (Å²) in [4.78, 5) is 5.31. The fourth-order valence-electron chi connectivity index (χ4n) is 9.16. The Morgan fingerprint density at radius 3 is 1.46 bits per heavy atom. The predicted octanol–water partition coefficient (Wildman–Crippen LogP) is 14.0. The van der Waals surface area contributed by atoms with E-state index in [1.54, 1.807) is 0 Å². The molecule has 3 aromatic heterocycles. The van der Waals surface area contributed by atoms with Crippen LogP contribution in [0.5, 0.6) is 11.5 Å². The number of fused-ring (bicyclic) bond motifs is 6. The van der Waals surface area contributed by atoms with E-state index in [1.807, 2.05) is 84.9 Å². The van der Waals surface area contributed by atoms with Crippen LogP contribution in [0.1, 0.15) is 11.1 Å². The summed E-state index contributed by atoms with van der Waals surface area (Å²) in [6, 6.07) is 64.2. The van der Waals surface area contributed by atoms with Crippen LogP contribution in [0.25, 0.3) is 99.8 Å². The summed E-state index contributed by atoms with van der Waals surface area (Å²) in [6.45, 7) is 4.15. The van der Waals surface area contributed by atoms with Crippen molar-refractivity contribution in [3.8, 4) is 67.6 Å². The molecule has 5 nitrogen and oxygen atoms in total. The molecule has 290 valence electrons. The van der Waals surface area contributed by atoms with Gasteiger partial charge in [-0.3, -0.25) is 0 Å². The predicted molar refractivity (Wildman–Crippen MR) is 247 cm³/mol. The molecule has 0 unspecified atom stereocenters. The van der Waals surface area contributed by atoms with Crippen molar-refractivity contribution in [2.24, 2.45) is 0 Å². The second kappa shape index (κ2) is 15.2. The van der Waals surface area contributed by atoms with Gasteiger partial charge in [0.25, 0.3) is 0 Å². The van der Waals surface area contributed by atoms with Gasteiger partial charge in [0, 0.05) is 69.6 Å². The van der Waals surface area contributed by atoms with E-state index in [0.717, 1.165) is 111 Å². The normalized spacial score (nSPS) is 11.4. The number of phenolic OH excluding ortho intramolecular Hbond substituents is 2. The van der Waals surface area contributed by atoms with Gasteiger partial charge >= 0.3 is 0 Å². The van der Waals surface area contributed by atoms with Crippen molar-refractivity contribution in [3.05, 3.63) is 199 Å². The van der Waals surface area contributed by atoms with Crippen LogP contribution in [0, 0.1) is 13.8 Å². The van der Waals surface area contributed by atoms with E-state index in [0.29, 0.717) is 0 Å². The first-order chi connectivity index (χ1) is 29.4. The molecule has 0 bridgehead atoms. The van der Waals surface area contributed by atoms with Crippen LogP contribution in [0.2, 0.25) is 0 Å². The summed E-state index contributed by atoms with van der Waals surface area (Å²) < 4.78 is 4.35. The zero-order valence-corrected chi connectivity index (χ0v) is 37.2. The molecule has 0 spiro atoms. The number of nitrogens with zero attached hydrogens (tertiary/aromatic N) is 3. The molecule has 0 aliphatic rings. The fraction of sp³-hybridized carbons (Fsp3) is 0.0364. The van der Waals surface area contributed by atoms with E-state index in [-0.39, 0.29) is 37.3 Å². The molecule has 11 rings (SSSR count). The number of para-hydroxylation sites is 3. The fourth-order valence-corrected chi connectivity index (χ4v) is 9.16. The van der Waals surface area contributed by atoms with Crippen LogP contribution < -0.4 is 0 Å². The molecular weight excluding hydrogens is 913 g/mol. The minimum atomic E-state index is 0. The maximum absolute atomic E-state index is 12.3. The molecule has 0 radical (unpaired) electrons. The number of pyridine rings is 1. The molecule has 0 aliphatic heterocycles. The summed E-state index contributed by atoms with van der Waals surface area (Å²) in [7, 11) is 0. The number of rotatable bonds is 6.